The molecule has 0 saturated carbocycles. The van der Waals surface area contributed by atoms with Gasteiger partial charge in [-0.3, -0.25) is 9.78 Å². The summed E-state index contributed by atoms with van der Waals surface area (Å²) in [5.74, 6) is 0.553. The van der Waals surface area contributed by atoms with Crippen LogP contribution in [0, 0.1) is 6.92 Å². The largest absolute Gasteiger partial charge is 0.484 e. The Balaban J connectivity index is 1.84. The van der Waals surface area contributed by atoms with E-state index >= 15 is 0 Å². The van der Waals surface area contributed by atoms with Crippen molar-refractivity contribution >= 4 is 5.91 Å². The highest BCUT2D eigenvalue weighted by Gasteiger charge is 2.10. The normalized spacial score (nSPS) is 11.7. The Hall–Kier alpha value is -2.36. The van der Waals surface area contributed by atoms with Crippen molar-refractivity contribution in [2.75, 3.05) is 6.61 Å². The van der Waals surface area contributed by atoms with Crippen LogP contribution >= 0.6 is 0 Å². The Labute approximate surface area is 118 Å². The smallest absolute Gasteiger partial charge is 0.258 e. The Kier molecular flexibility index (Phi) is 4.71. The second kappa shape index (κ2) is 6.70. The van der Waals surface area contributed by atoms with Crippen LogP contribution < -0.4 is 10.1 Å². The molecule has 0 fully saturated rings. The number of nitrogens with zero attached hydrogens (tertiary/aromatic N) is 1. The van der Waals surface area contributed by atoms with Crippen LogP contribution in [0.15, 0.2) is 48.8 Å². The van der Waals surface area contributed by atoms with Crippen molar-refractivity contribution in [2.45, 2.75) is 19.9 Å². The van der Waals surface area contributed by atoms with Crippen molar-refractivity contribution in [3.63, 3.8) is 0 Å². The molecular formula is C16H18N2O2. The fraction of sp³-hybridized carbons (Fsp3) is 0.250. The molecule has 0 bridgehead atoms. The number of carbonyl (C=O) groups excluding carboxylic acids is 1. The van der Waals surface area contributed by atoms with E-state index in [1.807, 2.05) is 50.2 Å². The van der Waals surface area contributed by atoms with Crippen LogP contribution in [0.3, 0.4) is 0 Å². The average Bonchev–Trinajstić information content (AvgIpc) is 2.46. The van der Waals surface area contributed by atoms with Gasteiger partial charge in [0.15, 0.2) is 6.61 Å². The van der Waals surface area contributed by atoms with Crippen LogP contribution in [0.5, 0.6) is 5.75 Å². The summed E-state index contributed by atoms with van der Waals surface area (Å²) >= 11 is 0. The molecule has 1 atom stereocenters. The minimum atomic E-state index is -0.150. The van der Waals surface area contributed by atoms with E-state index in [-0.39, 0.29) is 18.6 Å². The maximum Gasteiger partial charge on any atom is 0.258 e. The molecule has 1 amide bonds. The summed E-state index contributed by atoms with van der Waals surface area (Å²) in [6.07, 6.45) is 3.45. The average molecular weight is 270 g/mol. The SMILES string of the molecule is Cc1cccc(OCC(=O)N[C@@H](C)c2cccnc2)c1. The molecule has 4 heteroatoms. The fourth-order valence-electron chi connectivity index (χ4n) is 1.85. The predicted octanol–water partition coefficient (Wildman–Crippen LogP) is 2.65. The first-order chi connectivity index (χ1) is 9.65. The Bertz CT molecular complexity index is 570. The standard InChI is InChI=1S/C16H18N2O2/c1-12-5-3-7-15(9-12)20-11-16(19)18-13(2)14-6-4-8-17-10-14/h3-10,13H,11H2,1-2H3,(H,18,19)/t13-/m0/s1. The molecule has 2 rings (SSSR count). The van der Waals surface area contributed by atoms with Crippen LogP contribution in [0.1, 0.15) is 24.1 Å². The molecule has 1 N–H and O–H groups in total. The van der Waals surface area contributed by atoms with E-state index in [4.69, 9.17) is 4.74 Å². The van der Waals surface area contributed by atoms with Gasteiger partial charge in [-0.1, -0.05) is 18.2 Å². The van der Waals surface area contributed by atoms with E-state index in [1.54, 1.807) is 12.4 Å². The highest BCUT2D eigenvalue weighted by molar-refractivity contribution is 5.78. The van der Waals surface area contributed by atoms with Crippen LogP contribution in [0.2, 0.25) is 0 Å². The topological polar surface area (TPSA) is 51.2 Å². The Morgan fingerprint density at radius 3 is 2.90 bits per heavy atom. The van der Waals surface area contributed by atoms with Gasteiger partial charge in [0, 0.05) is 12.4 Å². The summed E-state index contributed by atoms with van der Waals surface area (Å²) in [5, 5.41) is 2.88. The number of ether oxygens (including phenoxy) is 1. The molecule has 1 aromatic heterocycles. The maximum atomic E-state index is 11.8. The molecule has 4 nitrogen and oxygen atoms in total. The summed E-state index contributed by atoms with van der Waals surface area (Å²) in [4.78, 5) is 15.9. The number of aromatic nitrogens is 1. The lowest BCUT2D eigenvalue weighted by atomic mass is 10.1. The summed E-state index contributed by atoms with van der Waals surface area (Å²) in [5.41, 5.74) is 2.07. The molecule has 0 aliphatic rings. The Morgan fingerprint density at radius 1 is 1.35 bits per heavy atom. The van der Waals surface area contributed by atoms with Gasteiger partial charge in [-0.05, 0) is 43.2 Å². The second-order valence-corrected chi connectivity index (χ2v) is 4.68. The third-order valence-corrected chi connectivity index (χ3v) is 2.92. The molecule has 0 aliphatic carbocycles. The van der Waals surface area contributed by atoms with Gasteiger partial charge in [0.1, 0.15) is 5.75 Å². The monoisotopic (exact) mass is 270 g/mol. The van der Waals surface area contributed by atoms with Gasteiger partial charge in [0.05, 0.1) is 6.04 Å². The minimum absolute atomic E-state index is 0.00799. The maximum absolute atomic E-state index is 11.8. The third kappa shape index (κ3) is 4.09. The number of hydrogen-bond donors (Lipinski definition) is 1. The number of pyridine rings is 1. The number of aryl methyl sites for hydroxylation is 1. The van der Waals surface area contributed by atoms with Gasteiger partial charge >= 0.3 is 0 Å². The van der Waals surface area contributed by atoms with Gasteiger partial charge in [0.2, 0.25) is 0 Å². The number of carbonyl (C=O) groups is 1. The highest BCUT2D eigenvalue weighted by Crippen LogP contribution is 2.13. The van der Waals surface area contributed by atoms with E-state index in [0.717, 1.165) is 11.1 Å². The lowest BCUT2D eigenvalue weighted by molar-refractivity contribution is -0.123. The molecule has 20 heavy (non-hydrogen) atoms. The van der Waals surface area contributed by atoms with Gasteiger partial charge < -0.3 is 10.1 Å². The summed E-state index contributed by atoms with van der Waals surface area (Å²) in [6, 6.07) is 11.3. The fourth-order valence-corrected chi connectivity index (χ4v) is 1.85. The van der Waals surface area contributed by atoms with Crippen molar-refractivity contribution in [1.82, 2.24) is 10.3 Å². The molecular weight excluding hydrogens is 252 g/mol. The molecule has 0 radical (unpaired) electrons. The quantitative estimate of drug-likeness (QED) is 0.908. The van der Waals surface area contributed by atoms with Crippen molar-refractivity contribution in [3.8, 4) is 5.75 Å². The molecule has 0 unspecified atom stereocenters. The van der Waals surface area contributed by atoms with Crippen molar-refractivity contribution in [3.05, 3.63) is 59.9 Å². The van der Waals surface area contributed by atoms with E-state index in [1.165, 1.54) is 0 Å². The van der Waals surface area contributed by atoms with Gasteiger partial charge in [-0.2, -0.15) is 0 Å². The van der Waals surface area contributed by atoms with Crippen LogP contribution in [-0.4, -0.2) is 17.5 Å². The molecule has 1 aromatic carbocycles. The van der Waals surface area contributed by atoms with Crippen LogP contribution in [0.4, 0.5) is 0 Å². The van der Waals surface area contributed by atoms with E-state index in [2.05, 4.69) is 10.3 Å². The first-order valence-corrected chi connectivity index (χ1v) is 6.54. The van der Waals surface area contributed by atoms with Gasteiger partial charge in [-0.25, -0.2) is 0 Å². The van der Waals surface area contributed by atoms with Gasteiger partial charge in [0.25, 0.3) is 5.91 Å². The zero-order valence-corrected chi connectivity index (χ0v) is 11.7. The first-order valence-electron chi connectivity index (χ1n) is 6.54. The lowest BCUT2D eigenvalue weighted by Gasteiger charge is -2.14. The molecule has 104 valence electrons. The second-order valence-electron chi connectivity index (χ2n) is 4.68. The zero-order chi connectivity index (χ0) is 14.4. The number of amides is 1. The molecule has 2 aromatic rings. The predicted molar refractivity (Wildman–Crippen MR) is 77.5 cm³/mol. The Morgan fingerprint density at radius 2 is 2.20 bits per heavy atom. The van der Waals surface area contributed by atoms with E-state index in [0.29, 0.717) is 5.75 Å². The summed E-state index contributed by atoms with van der Waals surface area (Å²) in [6.45, 7) is 3.91. The minimum Gasteiger partial charge on any atom is -0.484 e. The highest BCUT2D eigenvalue weighted by atomic mass is 16.5. The lowest BCUT2D eigenvalue weighted by Crippen LogP contribution is -2.31. The zero-order valence-electron chi connectivity index (χ0n) is 11.7. The number of nitrogens with one attached hydrogen (secondary N) is 1. The van der Waals surface area contributed by atoms with Crippen molar-refractivity contribution in [2.24, 2.45) is 0 Å². The molecule has 0 spiro atoms. The number of hydrogen-bond acceptors (Lipinski definition) is 3. The number of benzene rings is 1. The van der Waals surface area contributed by atoms with Crippen molar-refractivity contribution in [1.29, 1.82) is 0 Å². The number of rotatable bonds is 5. The summed E-state index contributed by atoms with van der Waals surface area (Å²) in [7, 11) is 0. The van der Waals surface area contributed by atoms with Crippen LogP contribution in [-0.2, 0) is 4.79 Å². The first kappa shape index (κ1) is 14.1. The molecule has 1 heterocycles. The third-order valence-electron chi connectivity index (χ3n) is 2.92. The molecule has 0 saturated heterocycles. The van der Waals surface area contributed by atoms with E-state index in [9.17, 15) is 4.79 Å². The molecule has 0 aliphatic heterocycles. The van der Waals surface area contributed by atoms with Crippen molar-refractivity contribution < 1.29 is 9.53 Å². The van der Waals surface area contributed by atoms with Crippen LogP contribution in [0.25, 0.3) is 0 Å². The van der Waals surface area contributed by atoms with E-state index < -0.39 is 0 Å². The van der Waals surface area contributed by atoms with Gasteiger partial charge in [-0.15, -0.1) is 0 Å². The summed E-state index contributed by atoms with van der Waals surface area (Å²) < 4.78 is 5.46.